The summed E-state index contributed by atoms with van der Waals surface area (Å²) < 4.78 is 25.9. The maximum absolute atomic E-state index is 14.5. The van der Waals surface area contributed by atoms with Crippen molar-refractivity contribution in [3.8, 4) is 22.6 Å². The first-order valence-electron chi connectivity index (χ1n) is 11.8. The molecule has 1 atom stereocenters. The van der Waals surface area contributed by atoms with Gasteiger partial charge in [-0.3, -0.25) is 0 Å². The molecule has 2 aromatic carbocycles. The maximum atomic E-state index is 14.5. The molecule has 30 heavy (non-hydrogen) atoms. The first kappa shape index (κ1) is 24.2. The van der Waals surface area contributed by atoms with Crippen molar-refractivity contribution in [2.75, 3.05) is 13.2 Å². The molecule has 0 spiro atoms. The van der Waals surface area contributed by atoms with E-state index in [1.165, 1.54) is 38.5 Å². The smallest absolute Gasteiger partial charge is 0.165 e. The molecule has 0 amide bonds. The zero-order valence-corrected chi connectivity index (χ0v) is 19.1. The highest BCUT2D eigenvalue weighted by Crippen LogP contribution is 2.27. The number of rotatable bonds is 15. The van der Waals surface area contributed by atoms with Gasteiger partial charge in [-0.15, -0.1) is 0 Å². The molecule has 2 aromatic rings. The molecule has 0 aliphatic carbocycles. The number of hydrogen-bond donors (Lipinski definition) is 0. The normalized spacial score (nSPS) is 12.0. The minimum Gasteiger partial charge on any atom is -0.494 e. The summed E-state index contributed by atoms with van der Waals surface area (Å²) in [6.07, 6.45) is 10.6. The minimum atomic E-state index is -0.302. The Bertz CT molecular complexity index is 711. The third kappa shape index (κ3) is 8.77. The third-order valence-electron chi connectivity index (χ3n) is 5.68. The molecule has 0 aliphatic rings. The summed E-state index contributed by atoms with van der Waals surface area (Å²) in [7, 11) is 0. The zero-order valence-electron chi connectivity index (χ0n) is 19.1. The average Bonchev–Trinajstić information content (AvgIpc) is 2.77. The van der Waals surface area contributed by atoms with Crippen LogP contribution in [0.4, 0.5) is 4.39 Å². The Kier molecular flexibility index (Phi) is 11.4. The van der Waals surface area contributed by atoms with Gasteiger partial charge in [0.05, 0.1) is 13.2 Å². The van der Waals surface area contributed by atoms with Gasteiger partial charge in [0.25, 0.3) is 0 Å². The van der Waals surface area contributed by atoms with E-state index in [0.29, 0.717) is 12.4 Å². The molecular weight excluding hydrogens is 375 g/mol. The average molecular weight is 415 g/mol. The van der Waals surface area contributed by atoms with E-state index in [-0.39, 0.29) is 5.82 Å². The van der Waals surface area contributed by atoms with Gasteiger partial charge in [-0.25, -0.2) is 4.39 Å². The topological polar surface area (TPSA) is 18.5 Å². The van der Waals surface area contributed by atoms with Gasteiger partial charge >= 0.3 is 0 Å². The maximum Gasteiger partial charge on any atom is 0.165 e. The molecule has 166 valence electrons. The molecule has 3 heteroatoms. The summed E-state index contributed by atoms with van der Waals surface area (Å²) in [6, 6.07) is 13.1. The van der Waals surface area contributed by atoms with E-state index in [1.807, 2.05) is 30.3 Å². The molecule has 0 radical (unpaired) electrons. The van der Waals surface area contributed by atoms with Gasteiger partial charge in [0.2, 0.25) is 0 Å². The summed E-state index contributed by atoms with van der Waals surface area (Å²) in [4.78, 5) is 0. The van der Waals surface area contributed by atoms with Crippen LogP contribution >= 0.6 is 0 Å². The lowest BCUT2D eigenvalue weighted by atomic mass is 10.0. The van der Waals surface area contributed by atoms with Crippen LogP contribution in [0.1, 0.15) is 78.6 Å². The quantitative estimate of drug-likeness (QED) is 0.272. The van der Waals surface area contributed by atoms with Crippen molar-refractivity contribution in [3.05, 3.63) is 48.3 Å². The Balaban J connectivity index is 1.77. The van der Waals surface area contributed by atoms with Gasteiger partial charge in [-0.1, -0.05) is 83.9 Å². The fourth-order valence-corrected chi connectivity index (χ4v) is 3.42. The lowest BCUT2D eigenvalue weighted by molar-refractivity contribution is 0.288. The number of benzene rings is 2. The predicted octanol–water partition coefficient (Wildman–Crippen LogP) is 8.44. The van der Waals surface area contributed by atoms with Gasteiger partial charge in [0.15, 0.2) is 11.6 Å². The molecular formula is C27H39FO2. The molecule has 0 saturated carbocycles. The number of ether oxygens (including phenoxy) is 2. The number of unbranched alkanes of at least 4 members (excludes halogenated alkanes) is 5. The third-order valence-corrected chi connectivity index (χ3v) is 5.68. The van der Waals surface area contributed by atoms with E-state index >= 15 is 0 Å². The summed E-state index contributed by atoms with van der Waals surface area (Å²) in [6.45, 7) is 8.05. The Labute approximate surface area is 182 Å². The van der Waals surface area contributed by atoms with E-state index in [2.05, 4.69) is 20.8 Å². The van der Waals surface area contributed by atoms with E-state index in [1.54, 1.807) is 12.1 Å². The Morgan fingerprint density at radius 2 is 1.43 bits per heavy atom. The van der Waals surface area contributed by atoms with Crippen molar-refractivity contribution in [3.63, 3.8) is 0 Å². The molecule has 2 rings (SSSR count). The standard InChI is InChI=1S/C27H39FO2/c1-4-6-7-10-19-29-25-16-13-23(14-17-25)24-15-18-27(26(28)21-24)30-20-11-8-9-12-22(3)5-2/h13-18,21-22H,4-12,19-20H2,1-3H3/t22-/m0/s1. The van der Waals surface area contributed by atoms with Crippen LogP contribution in [-0.4, -0.2) is 13.2 Å². The van der Waals surface area contributed by atoms with E-state index < -0.39 is 0 Å². The van der Waals surface area contributed by atoms with E-state index in [0.717, 1.165) is 48.7 Å². The molecule has 0 saturated heterocycles. The van der Waals surface area contributed by atoms with Crippen LogP contribution < -0.4 is 9.47 Å². The Morgan fingerprint density at radius 3 is 2.10 bits per heavy atom. The molecule has 0 bridgehead atoms. The highest BCUT2D eigenvalue weighted by molar-refractivity contribution is 5.65. The fourth-order valence-electron chi connectivity index (χ4n) is 3.42. The van der Waals surface area contributed by atoms with Gasteiger partial charge in [-0.05, 0) is 54.2 Å². The summed E-state index contributed by atoms with van der Waals surface area (Å²) >= 11 is 0. The summed E-state index contributed by atoms with van der Waals surface area (Å²) in [5, 5.41) is 0. The lowest BCUT2D eigenvalue weighted by Gasteiger charge is -2.11. The molecule has 0 fully saturated rings. The van der Waals surface area contributed by atoms with Gasteiger partial charge in [0, 0.05) is 0 Å². The molecule has 0 aliphatic heterocycles. The van der Waals surface area contributed by atoms with E-state index in [9.17, 15) is 4.39 Å². The molecule has 0 heterocycles. The summed E-state index contributed by atoms with van der Waals surface area (Å²) in [5.74, 6) is 1.70. The lowest BCUT2D eigenvalue weighted by Crippen LogP contribution is -2.00. The molecule has 0 unspecified atom stereocenters. The monoisotopic (exact) mass is 414 g/mol. The molecule has 0 aromatic heterocycles. The number of halogens is 1. The highest BCUT2D eigenvalue weighted by atomic mass is 19.1. The molecule has 0 N–H and O–H groups in total. The van der Waals surface area contributed by atoms with Crippen molar-refractivity contribution >= 4 is 0 Å². The van der Waals surface area contributed by atoms with Crippen LogP contribution in [0.2, 0.25) is 0 Å². The minimum absolute atomic E-state index is 0.302. The predicted molar refractivity (Wildman–Crippen MR) is 125 cm³/mol. The van der Waals surface area contributed by atoms with Crippen LogP contribution in [0.25, 0.3) is 11.1 Å². The summed E-state index contributed by atoms with van der Waals surface area (Å²) in [5.41, 5.74) is 1.83. The second-order valence-electron chi connectivity index (χ2n) is 8.29. The van der Waals surface area contributed by atoms with Gasteiger partial charge in [-0.2, -0.15) is 0 Å². The zero-order chi connectivity index (χ0) is 21.6. The van der Waals surface area contributed by atoms with Crippen LogP contribution in [0.5, 0.6) is 11.5 Å². The second-order valence-corrected chi connectivity index (χ2v) is 8.29. The van der Waals surface area contributed by atoms with Crippen LogP contribution in [-0.2, 0) is 0 Å². The fraction of sp³-hybridized carbons (Fsp3) is 0.556. The van der Waals surface area contributed by atoms with Crippen LogP contribution in [0.15, 0.2) is 42.5 Å². The van der Waals surface area contributed by atoms with Gasteiger partial charge < -0.3 is 9.47 Å². The Morgan fingerprint density at radius 1 is 0.767 bits per heavy atom. The van der Waals surface area contributed by atoms with E-state index in [4.69, 9.17) is 9.47 Å². The van der Waals surface area contributed by atoms with Crippen molar-refractivity contribution in [1.29, 1.82) is 0 Å². The first-order chi connectivity index (χ1) is 14.6. The van der Waals surface area contributed by atoms with Crippen molar-refractivity contribution < 1.29 is 13.9 Å². The Hall–Kier alpha value is -2.03. The SMILES string of the molecule is CCCCCCOc1ccc(-c2ccc(OCCCCC[C@@H](C)CC)c(F)c2)cc1. The van der Waals surface area contributed by atoms with Crippen molar-refractivity contribution in [2.45, 2.75) is 78.6 Å². The first-order valence-corrected chi connectivity index (χ1v) is 11.8. The van der Waals surface area contributed by atoms with Crippen molar-refractivity contribution in [1.82, 2.24) is 0 Å². The second kappa shape index (κ2) is 14.1. The van der Waals surface area contributed by atoms with Gasteiger partial charge in [0.1, 0.15) is 5.75 Å². The molecule has 2 nitrogen and oxygen atoms in total. The van der Waals surface area contributed by atoms with Crippen LogP contribution in [0, 0.1) is 11.7 Å². The van der Waals surface area contributed by atoms with Crippen molar-refractivity contribution in [2.24, 2.45) is 5.92 Å². The largest absolute Gasteiger partial charge is 0.494 e. The highest BCUT2D eigenvalue weighted by Gasteiger charge is 2.07. The number of hydrogen-bond acceptors (Lipinski definition) is 2. The van der Waals surface area contributed by atoms with Crippen LogP contribution in [0.3, 0.4) is 0 Å².